The molecule has 3 rings (SSSR count). The maximum absolute atomic E-state index is 5.49. The monoisotopic (exact) mass is 371 g/mol. The number of fused-ring (bicyclic) bond motifs is 1. The first-order chi connectivity index (χ1) is 12.9. The Bertz CT molecular complexity index is 816. The Balaban J connectivity index is 1.89. The fraction of sp³-hybridized carbons (Fsp3) is 0.455. The van der Waals surface area contributed by atoms with Crippen LogP contribution in [0.1, 0.15) is 30.5 Å². The Morgan fingerprint density at radius 1 is 0.778 bits per heavy atom. The zero-order valence-electron chi connectivity index (χ0n) is 17.1. The van der Waals surface area contributed by atoms with Gasteiger partial charge in [0.15, 0.2) is 23.0 Å². The van der Waals surface area contributed by atoms with Gasteiger partial charge in [0, 0.05) is 18.6 Å². The van der Waals surface area contributed by atoms with Gasteiger partial charge < -0.3 is 18.9 Å². The summed E-state index contributed by atoms with van der Waals surface area (Å²) in [6.07, 6.45) is 0.954. The van der Waals surface area contributed by atoms with Gasteiger partial charge in [-0.1, -0.05) is 6.07 Å². The van der Waals surface area contributed by atoms with Gasteiger partial charge in [0.25, 0.3) is 0 Å². The van der Waals surface area contributed by atoms with E-state index in [-0.39, 0.29) is 5.54 Å². The third kappa shape index (κ3) is 3.83. The fourth-order valence-corrected chi connectivity index (χ4v) is 3.74. The predicted octanol–water partition coefficient (Wildman–Crippen LogP) is 4.06. The van der Waals surface area contributed by atoms with E-state index in [1.165, 1.54) is 16.7 Å². The summed E-state index contributed by atoms with van der Waals surface area (Å²) in [6.45, 7) is 6.26. The van der Waals surface area contributed by atoms with Crippen molar-refractivity contribution in [2.24, 2.45) is 0 Å². The van der Waals surface area contributed by atoms with Crippen molar-refractivity contribution in [1.29, 1.82) is 0 Å². The van der Waals surface area contributed by atoms with Crippen LogP contribution in [0.5, 0.6) is 23.0 Å². The van der Waals surface area contributed by atoms with E-state index in [2.05, 4.69) is 43.0 Å². The van der Waals surface area contributed by atoms with Crippen LogP contribution in [0.3, 0.4) is 0 Å². The molecule has 2 aromatic rings. The molecule has 1 aliphatic rings. The number of ether oxygens (including phenoxy) is 4. The number of rotatable bonds is 6. The first kappa shape index (κ1) is 19.4. The highest BCUT2D eigenvalue weighted by molar-refractivity contribution is 5.49. The van der Waals surface area contributed by atoms with Crippen LogP contribution in [0.4, 0.5) is 0 Å². The van der Waals surface area contributed by atoms with Crippen LogP contribution in [0, 0.1) is 0 Å². The van der Waals surface area contributed by atoms with E-state index in [0.29, 0.717) is 0 Å². The second-order valence-corrected chi connectivity index (χ2v) is 7.51. The van der Waals surface area contributed by atoms with Gasteiger partial charge >= 0.3 is 0 Å². The summed E-state index contributed by atoms with van der Waals surface area (Å²) in [5.74, 6) is 3.08. The van der Waals surface area contributed by atoms with Gasteiger partial charge in [0.1, 0.15) is 0 Å². The van der Waals surface area contributed by atoms with Crippen LogP contribution in [-0.2, 0) is 19.5 Å². The average Bonchev–Trinajstić information content (AvgIpc) is 2.67. The maximum atomic E-state index is 5.49. The second-order valence-electron chi connectivity index (χ2n) is 7.51. The lowest BCUT2D eigenvalue weighted by atomic mass is 9.85. The number of nitrogens with zero attached hydrogens (tertiary/aromatic N) is 1. The lowest BCUT2D eigenvalue weighted by molar-refractivity contribution is 0.0886. The third-order valence-corrected chi connectivity index (χ3v) is 5.37. The Morgan fingerprint density at radius 3 is 1.93 bits per heavy atom. The van der Waals surface area contributed by atoms with Crippen LogP contribution < -0.4 is 18.9 Å². The van der Waals surface area contributed by atoms with Crippen LogP contribution in [0.15, 0.2) is 30.3 Å². The topological polar surface area (TPSA) is 40.2 Å². The molecule has 0 unspecified atom stereocenters. The zero-order chi connectivity index (χ0) is 19.6. The maximum Gasteiger partial charge on any atom is 0.161 e. The van der Waals surface area contributed by atoms with Crippen LogP contribution >= 0.6 is 0 Å². The van der Waals surface area contributed by atoms with Crippen LogP contribution in [-0.4, -0.2) is 38.9 Å². The van der Waals surface area contributed by atoms with Crippen molar-refractivity contribution in [3.8, 4) is 23.0 Å². The van der Waals surface area contributed by atoms with E-state index in [1.54, 1.807) is 28.4 Å². The molecule has 0 aliphatic carbocycles. The van der Waals surface area contributed by atoms with E-state index in [1.807, 2.05) is 6.07 Å². The van der Waals surface area contributed by atoms with Gasteiger partial charge in [-0.3, -0.25) is 4.90 Å². The zero-order valence-corrected chi connectivity index (χ0v) is 17.1. The third-order valence-electron chi connectivity index (χ3n) is 5.37. The molecular formula is C22H29NO4. The highest BCUT2D eigenvalue weighted by atomic mass is 16.5. The molecule has 0 saturated heterocycles. The summed E-state index contributed by atoms with van der Waals surface area (Å²) >= 11 is 0. The quantitative estimate of drug-likeness (QED) is 0.766. The largest absolute Gasteiger partial charge is 0.493 e. The molecule has 5 nitrogen and oxygen atoms in total. The van der Waals surface area contributed by atoms with Crippen molar-refractivity contribution in [1.82, 2.24) is 4.90 Å². The first-order valence-electron chi connectivity index (χ1n) is 9.11. The minimum Gasteiger partial charge on any atom is -0.493 e. The minimum atomic E-state index is 0.0275. The van der Waals surface area contributed by atoms with Gasteiger partial charge in [0.05, 0.1) is 28.4 Å². The SMILES string of the molecule is COc1ccc(CN2Cc3cc(OC)c(OC)cc3CC2(C)C)cc1OC. The van der Waals surface area contributed by atoms with E-state index >= 15 is 0 Å². The van der Waals surface area contributed by atoms with Crippen molar-refractivity contribution < 1.29 is 18.9 Å². The summed E-state index contributed by atoms with van der Waals surface area (Å²) in [4.78, 5) is 2.49. The highest BCUT2D eigenvalue weighted by Gasteiger charge is 2.33. The molecule has 0 spiro atoms. The molecule has 5 heteroatoms. The average molecular weight is 371 g/mol. The summed E-state index contributed by atoms with van der Waals surface area (Å²) in [6, 6.07) is 10.3. The number of hydrogen-bond acceptors (Lipinski definition) is 5. The lowest BCUT2D eigenvalue weighted by Crippen LogP contribution is -2.47. The molecule has 1 aliphatic heterocycles. The van der Waals surface area contributed by atoms with E-state index < -0.39 is 0 Å². The van der Waals surface area contributed by atoms with Gasteiger partial charge in [-0.25, -0.2) is 0 Å². The molecule has 0 atom stereocenters. The van der Waals surface area contributed by atoms with Crippen LogP contribution in [0.2, 0.25) is 0 Å². The molecule has 0 fully saturated rings. The van der Waals surface area contributed by atoms with Gasteiger partial charge in [0.2, 0.25) is 0 Å². The van der Waals surface area contributed by atoms with Gasteiger partial charge in [-0.15, -0.1) is 0 Å². The van der Waals surface area contributed by atoms with Gasteiger partial charge in [-0.2, -0.15) is 0 Å². The molecule has 0 N–H and O–H groups in total. The van der Waals surface area contributed by atoms with Gasteiger partial charge in [-0.05, 0) is 61.2 Å². The van der Waals surface area contributed by atoms with Crippen molar-refractivity contribution in [3.63, 3.8) is 0 Å². The summed E-state index contributed by atoms with van der Waals surface area (Å²) < 4.78 is 21.8. The lowest BCUT2D eigenvalue weighted by Gasteiger charge is -2.43. The number of hydrogen-bond donors (Lipinski definition) is 0. The molecule has 0 radical (unpaired) electrons. The Labute approximate surface area is 161 Å². The van der Waals surface area contributed by atoms with Crippen LogP contribution in [0.25, 0.3) is 0 Å². The summed E-state index contributed by atoms with van der Waals surface area (Å²) in [5, 5.41) is 0. The standard InChI is InChI=1S/C22H29NO4/c1-22(2)12-16-10-20(26-5)21(27-6)11-17(16)14-23(22)13-15-7-8-18(24-3)19(9-15)25-4/h7-11H,12-14H2,1-6H3. The Kier molecular flexibility index (Phi) is 5.51. The molecule has 0 bridgehead atoms. The molecule has 1 heterocycles. The Morgan fingerprint density at radius 2 is 1.33 bits per heavy atom. The summed E-state index contributed by atoms with van der Waals surface area (Å²) in [5.41, 5.74) is 3.83. The summed E-state index contributed by atoms with van der Waals surface area (Å²) in [7, 11) is 6.69. The van der Waals surface area contributed by atoms with Crippen molar-refractivity contribution in [3.05, 3.63) is 47.0 Å². The Hall–Kier alpha value is -2.40. The smallest absolute Gasteiger partial charge is 0.161 e. The molecule has 0 saturated carbocycles. The molecule has 146 valence electrons. The molecular weight excluding hydrogens is 342 g/mol. The van der Waals surface area contributed by atoms with Crippen molar-refractivity contribution >= 4 is 0 Å². The predicted molar refractivity (Wildman–Crippen MR) is 106 cm³/mol. The van der Waals surface area contributed by atoms with E-state index in [9.17, 15) is 0 Å². The van der Waals surface area contributed by atoms with Crippen molar-refractivity contribution in [2.45, 2.75) is 38.9 Å². The fourth-order valence-electron chi connectivity index (χ4n) is 3.74. The molecule has 0 aromatic heterocycles. The number of methoxy groups -OCH3 is 4. The molecule has 0 amide bonds. The number of benzene rings is 2. The van der Waals surface area contributed by atoms with E-state index in [0.717, 1.165) is 42.5 Å². The normalized spacial score (nSPS) is 15.8. The molecule has 27 heavy (non-hydrogen) atoms. The highest BCUT2D eigenvalue weighted by Crippen LogP contribution is 2.38. The van der Waals surface area contributed by atoms with E-state index in [4.69, 9.17) is 18.9 Å². The minimum absolute atomic E-state index is 0.0275. The first-order valence-corrected chi connectivity index (χ1v) is 9.11. The molecule has 2 aromatic carbocycles. The van der Waals surface area contributed by atoms with Crippen molar-refractivity contribution in [2.75, 3.05) is 28.4 Å². The second kappa shape index (κ2) is 7.69.